The Morgan fingerprint density at radius 1 is 0.585 bits per heavy atom. The van der Waals surface area contributed by atoms with Crippen LogP contribution in [0.3, 0.4) is 0 Å². The number of anilines is 1. The molecule has 6 heterocycles. The van der Waals surface area contributed by atoms with Crippen LogP contribution in [0.1, 0.15) is 94.6 Å². The Balaban J connectivity index is 0.662. The predicted molar refractivity (Wildman–Crippen MR) is 212 cm³/mol. The van der Waals surface area contributed by atoms with Gasteiger partial charge in [0, 0.05) is 86.4 Å². The van der Waals surface area contributed by atoms with Gasteiger partial charge < -0.3 is 24.2 Å². The molecule has 2 atom stereocenters. The van der Waals surface area contributed by atoms with Gasteiger partial charge in [-0.05, 0) is 138 Å². The SMILES string of the molecule is c1ccc2c(c1)ncn2-c1ccc2c(c1)CC1(CCCN(C3CC(C4CCN(c5ccc6c(c5)CC5(CCCN(C7CCC7)CC5)O6)CC4)C3)CC1)O2. The van der Waals surface area contributed by atoms with Crippen LogP contribution in [-0.4, -0.2) is 81.9 Å². The third-order valence-corrected chi connectivity index (χ3v) is 15.2. The molecule has 7 heteroatoms. The number of hydrogen-bond acceptors (Lipinski definition) is 6. The minimum Gasteiger partial charge on any atom is -0.487 e. The largest absolute Gasteiger partial charge is 0.487 e. The summed E-state index contributed by atoms with van der Waals surface area (Å²) >= 11 is 0. The molecule has 5 aliphatic heterocycles. The zero-order chi connectivity index (χ0) is 35.0. The first-order chi connectivity index (χ1) is 26.1. The van der Waals surface area contributed by atoms with Crippen LogP contribution in [-0.2, 0) is 12.8 Å². The Hall–Kier alpha value is -3.55. The summed E-state index contributed by atoms with van der Waals surface area (Å²) in [5, 5.41) is 0. The zero-order valence-electron chi connectivity index (χ0n) is 31.6. The van der Waals surface area contributed by atoms with Gasteiger partial charge in [-0.1, -0.05) is 18.6 Å². The van der Waals surface area contributed by atoms with Crippen molar-refractivity contribution >= 4 is 16.7 Å². The third kappa shape index (κ3) is 5.96. The minimum absolute atomic E-state index is 0.0393. The van der Waals surface area contributed by atoms with Crippen LogP contribution in [0.4, 0.5) is 5.69 Å². The molecule has 5 fully saturated rings. The van der Waals surface area contributed by atoms with Gasteiger partial charge in [0.1, 0.15) is 29.0 Å². The number of fused-ring (bicyclic) bond motifs is 3. The average Bonchev–Trinajstić information content (AvgIpc) is 3.75. The summed E-state index contributed by atoms with van der Waals surface area (Å²) in [7, 11) is 0. The molecule has 53 heavy (non-hydrogen) atoms. The van der Waals surface area contributed by atoms with Gasteiger partial charge in [0.05, 0.1) is 11.0 Å². The van der Waals surface area contributed by atoms with Crippen LogP contribution in [0.25, 0.3) is 16.7 Å². The maximum atomic E-state index is 6.83. The fourth-order valence-corrected chi connectivity index (χ4v) is 11.7. The van der Waals surface area contributed by atoms with E-state index in [1.54, 1.807) is 0 Å². The van der Waals surface area contributed by atoms with Gasteiger partial charge in [-0.25, -0.2) is 4.98 Å². The first-order valence-corrected chi connectivity index (χ1v) is 21.4. The predicted octanol–water partition coefficient (Wildman–Crippen LogP) is 8.59. The number of piperidine rings is 1. The summed E-state index contributed by atoms with van der Waals surface area (Å²) in [6.07, 6.45) is 21.0. The maximum absolute atomic E-state index is 6.83. The van der Waals surface area contributed by atoms with Crippen LogP contribution in [0.2, 0.25) is 0 Å². The van der Waals surface area contributed by atoms with Crippen LogP contribution in [0.5, 0.6) is 11.5 Å². The number of para-hydroxylation sites is 2. The van der Waals surface area contributed by atoms with E-state index in [0.717, 1.165) is 66.4 Å². The molecule has 7 aliphatic rings. The van der Waals surface area contributed by atoms with Gasteiger partial charge in [0.15, 0.2) is 0 Å². The number of ether oxygens (including phenoxy) is 2. The average molecular weight is 712 g/mol. The van der Waals surface area contributed by atoms with Gasteiger partial charge in [0.25, 0.3) is 0 Å². The first-order valence-electron chi connectivity index (χ1n) is 21.4. The molecule has 278 valence electrons. The van der Waals surface area contributed by atoms with E-state index in [-0.39, 0.29) is 11.2 Å². The van der Waals surface area contributed by atoms with Gasteiger partial charge in [0.2, 0.25) is 0 Å². The Kier molecular flexibility index (Phi) is 8.08. The number of hydrogen-bond donors (Lipinski definition) is 0. The number of nitrogens with zero attached hydrogens (tertiary/aromatic N) is 5. The zero-order valence-corrected chi connectivity index (χ0v) is 31.6. The van der Waals surface area contributed by atoms with Crippen molar-refractivity contribution in [2.45, 2.75) is 120 Å². The molecular formula is C46H57N5O2. The fraction of sp³-hybridized carbons (Fsp3) is 0.587. The van der Waals surface area contributed by atoms with Crippen molar-refractivity contribution in [3.05, 3.63) is 78.1 Å². The molecule has 2 spiro atoms. The number of benzene rings is 3. The second kappa shape index (κ2) is 13.0. The molecule has 7 nitrogen and oxygen atoms in total. The molecule has 3 saturated heterocycles. The molecule has 2 aliphatic carbocycles. The highest BCUT2D eigenvalue weighted by molar-refractivity contribution is 5.77. The number of aromatic nitrogens is 2. The quantitative estimate of drug-likeness (QED) is 0.207. The third-order valence-electron chi connectivity index (χ3n) is 15.2. The van der Waals surface area contributed by atoms with Crippen molar-refractivity contribution in [2.24, 2.45) is 11.8 Å². The van der Waals surface area contributed by atoms with Crippen molar-refractivity contribution in [3.8, 4) is 17.2 Å². The lowest BCUT2D eigenvalue weighted by Crippen LogP contribution is -2.49. The van der Waals surface area contributed by atoms with E-state index in [9.17, 15) is 0 Å². The number of rotatable bonds is 5. The second-order valence-corrected chi connectivity index (χ2v) is 18.2. The molecule has 2 unspecified atom stereocenters. The highest BCUT2D eigenvalue weighted by Crippen LogP contribution is 2.47. The molecule has 3 aromatic carbocycles. The summed E-state index contributed by atoms with van der Waals surface area (Å²) in [6.45, 7) is 7.29. The lowest BCUT2D eigenvalue weighted by Gasteiger charge is -2.48. The Labute approximate surface area is 315 Å². The smallest absolute Gasteiger partial charge is 0.123 e. The summed E-state index contributed by atoms with van der Waals surface area (Å²) < 4.78 is 15.8. The first kappa shape index (κ1) is 32.8. The molecular weight excluding hydrogens is 655 g/mol. The van der Waals surface area contributed by atoms with E-state index in [0.29, 0.717) is 0 Å². The summed E-state index contributed by atoms with van der Waals surface area (Å²) in [4.78, 5) is 12.9. The summed E-state index contributed by atoms with van der Waals surface area (Å²) in [6, 6.07) is 23.9. The fourth-order valence-electron chi connectivity index (χ4n) is 11.7. The van der Waals surface area contributed by atoms with Crippen LogP contribution in [0, 0.1) is 11.8 Å². The molecule has 0 amide bonds. The van der Waals surface area contributed by atoms with Gasteiger partial charge >= 0.3 is 0 Å². The van der Waals surface area contributed by atoms with Crippen LogP contribution in [0.15, 0.2) is 67.0 Å². The highest BCUT2D eigenvalue weighted by Gasteiger charge is 2.45. The molecule has 11 rings (SSSR count). The molecule has 1 aromatic heterocycles. The van der Waals surface area contributed by atoms with Crippen molar-refractivity contribution in [2.75, 3.05) is 44.2 Å². The maximum Gasteiger partial charge on any atom is 0.123 e. The standard InChI is InChI=1S/C46H57N5O2/c1-2-9-42-41(8-1)47-32-51(42)39-11-13-44-36(29-39)31-46(53-44)17-5-21-49(25-19-46)40-26-34(27-40)33-14-22-50(23-15-33)38-10-12-43-35(28-38)30-45(52-43)16-4-20-48(24-18-45)37-6-3-7-37/h1-2,8-13,28-29,32-34,37,40H,3-7,14-27,30-31H2. The topological polar surface area (TPSA) is 46.0 Å². The molecule has 2 saturated carbocycles. The van der Waals surface area contributed by atoms with Crippen LogP contribution >= 0.6 is 0 Å². The van der Waals surface area contributed by atoms with E-state index in [1.165, 1.54) is 138 Å². The normalized spacial score (nSPS) is 31.1. The Bertz CT molecular complexity index is 1970. The molecule has 0 radical (unpaired) electrons. The van der Waals surface area contributed by atoms with Crippen molar-refractivity contribution in [1.82, 2.24) is 19.4 Å². The molecule has 4 aromatic rings. The Morgan fingerprint density at radius 3 is 1.91 bits per heavy atom. The lowest BCUT2D eigenvalue weighted by atomic mass is 9.68. The summed E-state index contributed by atoms with van der Waals surface area (Å²) in [5.41, 5.74) is 7.62. The van der Waals surface area contributed by atoms with E-state index in [1.807, 2.05) is 6.33 Å². The van der Waals surface area contributed by atoms with Gasteiger partial charge in [-0.2, -0.15) is 0 Å². The summed E-state index contributed by atoms with van der Waals surface area (Å²) in [5.74, 6) is 4.06. The second-order valence-electron chi connectivity index (χ2n) is 18.2. The van der Waals surface area contributed by atoms with E-state index in [4.69, 9.17) is 9.47 Å². The van der Waals surface area contributed by atoms with Crippen molar-refractivity contribution in [3.63, 3.8) is 0 Å². The van der Waals surface area contributed by atoms with E-state index >= 15 is 0 Å². The van der Waals surface area contributed by atoms with E-state index < -0.39 is 0 Å². The van der Waals surface area contributed by atoms with Crippen molar-refractivity contribution in [1.29, 1.82) is 0 Å². The van der Waals surface area contributed by atoms with Gasteiger partial charge in [-0.3, -0.25) is 4.57 Å². The Morgan fingerprint density at radius 2 is 1.23 bits per heavy atom. The number of imidazole rings is 1. The van der Waals surface area contributed by atoms with Crippen LogP contribution < -0.4 is 14.4 Å². The monoisotopic (exact) mass is 711 g/mol. The number of likely N-dealkylation sites (tertiary alicyclic amines) is 2. The molecule has 0 N–H and O–H groups in total. The minimum atomic E-state index is -0.0423. The van der Waals surface area contributed by atoms with Crippen molar-refractivity contribution < 1.29 is 9.47 Å². The van der Waals surface area contributed by atoms with E-state index in [2.05, 4.69) is 84.9 Å². The highest BCUT2D eigenvalue weighted by atomic mass is 16.5. The lowest BCUT2D eigenvalue weighted by molar-refractivity contribution is 0.0330. The van der Waals surface area contributed by atoms with Gasteiger partial charge in [-0.15, -0.1) is 0 Å². The molecule has 0 bridgehead atoms.